The van der Waals surface area contributed by atoms with Crippen molar-refractivity contribution >= 4 is 51.9 Å². The summed E-state index contributed by atoms with van der Waals surface area (Å²) in [6.45, 7) is 0.190. The van der Waals surface area contributed by atoms with Gasteiger partial charge in [-0.3, -0.25) is 14.5 Å². The van der Waals surface area contributed by atoms with Crippen molar-refractivity contribution in [3.05, 3.63) is 59.0 Å². The molecule has 2 N–H and O–H groups in total. The van der Waals surface area contributed by atoms with E-state index >= 15 is 0 Å². The monoisotopic (exact) mass is 414 g/mol. The first kappa shape index (κ1) is 19.9. The summed E-state index contributed by atoms with van der Waals surface area (Å²) in [6.07, 6.45) is 1.94. The summed E-state index contributed by atoms with van der Waals surface area (Å²) in [5.74, 6) is 0.552. The normalized spacial score (nSPS) is 15.2. The average Bonchev–Trinajstić information content (AvgIpc) is 2.93. The zero-order valence-corrected chi connectivity index (χ0v) is 16.7. The number of phenolic OH excluding ortho intramolecular Hbond substituents is 1. The van der Waals surface area contributed by atoms with Crippen LogP contribution >= 0.6 is 24.0 Å². The largest absolute Gasteiger partial charge is 0.508 e. The molecule has 0 bridgehead atoms. The van der Waals surface area contributed by atoms with Gasteiger partial charge in [0.2, 0.25) is 5.91 Å². The Hall–Kier alpha value is -2.84. The van der Waals surface area contributed by atoms with Gasteiger partial charge in [0.05, 0.1) is 12.0 Å². The molecule has 0 radical (unpaired) electrons. The zero-order valence-electron chi connectivity index (χ0n) is 15.0. The van der Waals surface area contributed by atoms with Crippen molar-refractivity contribution in [2.45, 2.75) is 6.42 Å². The number of nitrogens with zero attached hydrogens (tertiary/aromatic N) is 1. The first-order valence-electron chi connectivity index (χ1n) is 8.44. The number of amides is 2. The molecule has 0 atom stereocenters. The summed E-state index contributed by atoms with van der Waals surface area (Å²) in [4.78, 5) is 26.9. The van der Waals surface area contributed by atoms with Crippen LogP contribution in [0.2, 0.25) is 0 Å². The number of rotatable bonds is 6. The lowest BCUT2D eigenvalue weighted by Gasteiger charge is -2.14. The molecular weight excluding hydrogens is 396 g/mol. The van der Waals surface area contributed by atoms with Crippen molar-refractivity contribution in [2.75, 3.05) is 19.0 Å². The predicted molar refractivity (Wildman–Crippen MR) is 115 cm³/mol. The van der Waals surface area contributed by atoms with Gasteiger partial charge in [-0.05, 0) is 47.7 Å². The molecule has 0 aliphatic carbocycles. The quantitative estimate of drug-likeness (QED) is 0.543. The molecule has 144 valence electrons. The molecule has 0 spiro atoms. The number of ether oxygens (including phenoxy) is 1. The van der Waals surface area contributed by atoms with Gasteiger partial charge in [-0.15, -0.1) is 0 Å². The van der Waals surface area contributed by atoms with Gasteiger partial charge >= 0.3 is 0 Å². The highest BCUT2D eigenvalue weighted by molar-refractivity contribution is 8.19. The van der Waals surface area contributed by atoms with Crippen LogP contribution in [-0.2, 0) is 4.79 Å². The van der Waals surface area contributed by atoms with E-state index in [-0.39, 0.29) is 29.9 Å². The maximum atomic E-state index is 12.3. The van der Waals surface area contributed by atoms with E-state index in [1.54, 1.807) is 19.2 Å². The van der Waals surface area contributed by atoms with E-state index in [4.69, 9.17) is 17.0 Å². The van der Waals surface area contributed by atoms with Gasteiger partial charge in [0.15, 0.2) is 0 Å². The van der Waals surface area contributed by atoms with Crippen molar-refractivity contribution in [3.63, 3.8) is 0 Å². The number of thioether (sulfide) groups is 1. The van der Waals surface area contributed by atoms with Crippen LogP contribution in [0.5, 0.6) is 11.5 Å². The van der Waals surface area contributed by atoms with Crippen molar-refractivity contribution in [2.24, 2.45) is 0 Å². The van der Waals surface area contributed by atoms with Crippen LogP contribution in [0.1, 0.15) is 12.0 Å². The number of aromatic hydroxyl groups is 1. The number of carbonyl (C=O) groups excluding carboxylic acids is 2. The van der Waals surface area contributed by atoms with Crippen molar-refractivity contribution < 1.29 is 19.4 Å². The molecule has 1 aliphatic heterocycles. The highest BCUT2D eigenvalue weighted by atomic mass is 32.2. The van der Waals surface area contributed by atoms with Crippen LogP contribution in [0.3, 0.4) is 0 Å². The number of methoxy groups -OCH3 is 1. The van der Waals surface area contributed by atoms with Crippen molar-refractivity contribution in [3.8, 4) is 11.5 Å². The first-order chi connectivity index (χ1) is 13.5. The Bertz CT molecular complexity index is 941. The third-order valence-electron chi connectivity index (χ3n) is 3.98. The Morgan fingerprint density at radius 1 is 1.29 bits per heavy atom. The lowest BCUT2D eigenvalue weighted by atomic mass is 10.2. The molecule has 3 rings (SSSR count). The third-order valence-corrected chi connectivity index (χ3v) is 5.48. The number of thiocarbonyl (C=S) groups is 1. The van der Waals surface area contributed by atoms with Crippen molar-refractivity contribution in [1.29, 1.82) is 0 Å². The van der Waals surface area contributed by atoms with E-state index in [9.17, 15) is 14.7 Å². The van der Waals surface area contributed by atoms with Crippen LogP contribution in [0.4, 0.5) is 10.5 Å². The molecule has 1 aliphatic rings. The molecule has 1 fully saturated rings. The summed E-state index contributed by atoms with van der Waals surface area (Å²) >= 11 is 6.47. The molecule has 0 saturated carbocycles. The number of carbonyl (C=O) groups is 2. The van der Waals surface area contributed by atoms with E-state index in [0.29, 0.717) is 15.6 Å². The van der Waals surface area contributed by atoms with Gasteiger partial charge in [0.25, 0.3) is 5.24 Å². The van der Waals surface area contributed by atoms with Crippen LogP contribution in [-0.4, -0.2) is 39.8 Å². The fraction of sp³-hybridized carbons (Fsp3) is 0.150. The molecule has 1 heterocycles. The summed E-state index contributed by atoms with van der Waals surface area (Å²) in [5, 5.41) is 11.9. The molecule has 2 aromatic carbocycles. The second kappa shape index (κ2) is 8.90. The van der Waals surface area contributed by atoms with E-state index in [1.807, 2.05) is 30.3 Å². The van der Waals surface area contributed by atoms with Gasteiger partial charge in [0, 0.05) is 24.7 Å². The molecule has 2 aromatic rings. The zero-order chi connectivity index (χ0) is 20.1. The molecule has 0 aromatic heterocycles. The number of hydrogen-bond acceptors (Lipinski definition) is 6. The molecule has 28 heavy (non-hydrogen) atoms. The number of anilines is 1. The predicted octanol–water partition coefficient (Wildman–Crippen LogP) is 4.27. The Labute approximate surface area is 172 Å². The molecule has 6 nitrogen and oxygen atoms in total. The van der Waals surface area contributed by atoms with E-state index < -0.39 is 0 Å². The fourth-order valence-corrected chi connectivity index (χ4v) is 3.85. The van der Waals surface area contributed by atoms with Gasteiger partial charge in [-0.25, -0.2) is 0 Å². The van der Waals surface area contributed by atoms with Gasteiger partial charge in [-0.1, -0.05) is 30.4 Å². The maximum Gasteiger partial charge on any atom is 0.291 e. The SMILES string of the molecule is COc1ccc(C=C2SC(=O)N(CCC(=O)Nc3cccc(O)c3)C2=S)cc1. The first-order valence-corrected chi connectivity index (χ1v) is 9.67. The minimum atomic E-state index is -0.265. The Morgan fingerprint density at radius 3 is 2.71 bits per heavy atom. The van der Waals surface area contributed by atoms with Gasteiger partial charge in [-0.2, -0.15) is 0 Å². The van der Waals surface area contributed by atoms with Gasteiger partial charge in [0.1, 0.15) is 16.5 Å². The molecule has 2 amide bonds. The van der Waals surface area contributed by atoms with Crippen LogP contribution in [0, 0.1) is 0 Å². The average molecular weight is 415 g/mol. The molecule has 1 saturated heterocycles. The number of nitrogens with one attached hydrogen (secondary N) is 1. The summed E-state index contributed by atoms with van der Waals surface area (Å²) in [6, 6.07) is 13.7. The van der Waals surface area contributed by atoms with Crippen LogP contribution in [0.15, 0.2) is 53.4 Å². The topological polar surface area (TPSA) is 78.9 Å². The van der Waals surface area contributed by atoms with E-state index in [2.05, 4.69) is 5.32 Å². The highest BCUT2D eigenvalue weighted by Gasteiger charge is 2.31. The Morgan fingerprint density at radius 2 is 2.04 bits per heavy atom. The summed E-state index contributed by atoms with van der Waals surface area (Å²) < 4.78 is 5.13. The second-order valence-electron chi connectivity index (χ2n) is 5.96. The summed E-state index contributed by atoms with van der Waals surface area (Å²) in [5.41, 5.74) is 1.40. The minimum absolute atomic E-state index is 0.0680. The molecule has 8 heteroatoms. The van der Waals surface area contributed by atoms with E-state index in [0.717, 1.165) is 23.1 Å². The molecular formula is C20H18N2O4S2. The fourth-order valence-electron chi connectivity index (χ4n) is 2.56. The standard InChI is InChI=1S/C20H18N2O4S2/c1-26-16-7-5-13(6-8-16)11-17-19(27)22(20(25)28-17)10-9-18(24)21-14-3-2-4-15(23)12-14/h2-8,11-12,23H,9-10H2,1H3,(H,21,24). The highest BCUT2D eigenvalue weighted by Crippen LogP contribution is 2.33. The van der Waals surface area contributed by atoms with E-state index in [1.165, 1.54) is 17.0 Å². The van der Waals surface area contributed by atoms with Crippen LogP contribution < -0.4 is 10.1 Å². The molecule has 0 unspecified atom stereocenters. The smallest absolute Gasteiger partial charge is 0.291 e. The van der Waals surface area contributed by atoms with Crippen LogP contribution in [0.25, 0.3) is 6.08 Å². The Balaban J connectivity index is 1.60. The maximum absolute atomic E-state index is 12.3. The number of phenols is 1. The summed E-state index contributed by atoms with van der Waals surface area (Å²) in [7, 11) is 1.60. The minimum Gasteiger partial charge on any atom is -0.508 e. The number of benzene rings is 2. The number of hydrogen-bond donors (Lipinski definition) is 2. The Kier molecular flexibility index (Phi) is 6.33. The van der Waals surface area contributed by atoms with Crippen molar-refractivity contribution in [1.82, 2.24) is 4.90 Å². The lowest BCUT2D eigenvalue weighted by Crippen LogP contribution is -2.30. The lowest BCUT2D eigenvalue weighted by molar-refractivity contribution is -0.116. The third kappa shape index (κ3) is 4.90. The second-order valence-corrected chi connectivity index (χ2v) is 7.33. The van der Waals surface area contributed by atoms with Gasteiger partial charge < -0.3 is 15.2 Å².